The van der Waals surface area contributed by atoms with Crippen molar-refractivity contribution in [1.82, 2.24) is 14.5 Å². The number of H-pyrrole nitrogens is 1. The Labute approximate surface area is 182 Å². The molecule has 2 aromatic heterocycles. The van der Waals surface area contributed by atoms with Gasteiger partial charge in [0, 0.05) is 17.4 Å². The van der Waals surface area contributed by atoms with Crippen LogP contribution in [-0.4, -0.2) is 61.1 Å². The van der Waals surface area contributed by atoms with Gasteiger partial charge in [-0.1, -0.05) is 30.3 Å². The highest BCUT2D eigenvalue weighted by atomic mass is 16.7. The molecule has 0 amide bonds. The van der Waals surface area contributed by atoms with Crippen molar-refractivity contribution in [2.75, 3.05) is 6.61 Å². The summed E-state index contributed by atoms with van der Waals surface area (Å²) >= 11 is 0. The Bertz CT molecular complexity index is 1280. The third kappa shape index (κ3) is 3.47. The molecule has 0 spiro atoms. The van der Waals surface area contributed by atoms with E-state index in [1.165, 1.54) is 6.33 Å². The van der Waals surface area contributed by atoms with Crippen molar-refractivity contribution >= 4 is 11.0 Å². The number of aliphatic hydroxyl groups excluding tert-OH is 3. The van der Waals surface area contributed by atoms with Crippen LogP contribution < -0.4 is 10.3 Å². The van der Waals surface area contributed by atoms with Gasteiger partial charge >= 0.3 is 0 Å². The van der Waals surface area contributed by atoms with E-state index >= 15 is 0 Å². The van der Waals surface area contributed by atoms with Crippen molar-refractivity contribution in [3.63, 3.8) is 0 Å². The molecule has 3 heterocycles. The van der Waals surface area contributed by atoms with E-state index in [1.807, 2.05) is 41.1 Å². The largest absolute Gasteiger partial charge is 0.462 e. The van der Waals surface area contributed by atoms with E-state index in [0.717, 1.165) is 11.3 Å². The lowest BCUT2D eigenvalue weighted by Gasteiger charge is -2.17. The molecule has 0 radical (unpaired) electrons. The van der Waals surface area contributed by atoms with Crippen LogP contribution in [-0.2, 0) is 4.74 Å². The van der Waals surface area contributed by atoms with E-state index in [1.54, 1.807) is 24.3 Å². The van der Waals surface area contributed by atoms with Gasteiger partial charge in [0.25, 0.3) is 5.56 Å². The molecule has 4 N–H and O–H groups in total. The van der Waals surface area contributed by atoms with Crippen molar-refractivity contribution < 1.29 is 24.8 Å². The van der Waals surface area contributed by atoms with E-state index in [0.29, 0.717) is 22.3 Å². The zero-order valence-corrected chi connectivity index (χ0v) is 16.8. The Balaban J connectivity index is 1.48. The monoisotopic (exact) mass is 435 g/mol. The van der Waals surface area contributed by atoms with Gasteiger partial charge in [-0.05, 0) is 29.8 Å². The topological polar surface area (TPSA) is 130 Å². The molecule has 1 fully saturated rings. The maximum Gasteiger partial charge on any atom is 0.260 e. The lowest BCUT2D eigenvalue weighted by Crippen LogP contribution is -2.35. The molecular formula is C23H21N3O6. The summed E-state index contributed by atoms with van der Waals surface area (Å²) in [7, 11) is 0. The minimum absolute atomic E-state index is 0.244. The van der Waals surface area contributed by atoms with Gasteiger partial charge in [0.1, 0.15) is 24.1 Å². The number of aromatic nitrogens is 3. The Morgan fingerprint density at radius 3 is 2.50 bits per heavy atom. The minimum atomic E-state index is -1.28. The molecule has 0 bridgehead atoms. The standard InChI is InChI=1S/C23H21N3O6/c27-11-17-19(28)20(29)23(32-17)31-15-8-6-13(7-9-15)16-10-26(14-4-2-1-3-5-14)21-18(16)22(30)25-12-24-21/h1-10,12,17,19-20,23,27-29H,11H2,(H,24,25,30). The Hall–Kier alpha value is -3.50. The molecule has 5 rings (SSSR count). The molecule has 9 heteroatoms. The first-order valence-electron chi connectivity index (χ1n) is 10.1. The van der Waals surface area contributed by atoms with E-state index < -0.39 is 31.2 Å². The number of hydrogen-bond acceptors (Lipinski definition) is 7. The molecule has 32 heavy (non-hydrogen) atoms. The van der Waals surface area contributed by atoms with Crippen molar-refractivity contribution in [2.45, 2.75) is 24.6 Å². The van der Waals surface area contributed by atoms with Gasteiger partial charge in [0.05, 0.1) is 18.3 Å². The maximum atomic E-state index is 12.6. The quantitative estimate of drug-likeness (QED) is 0.371. The predicted octanol–water partition coefficient (Wildman–Crippen LogP) is 1.20. The van der Waals surface area contributed by atoms with Crippen molar-refractivity contribution in [1.29, 1.82) is 0 Å². The van der Waals surface area contributed by atoms with Crippen LogP contribution in [0.4, 0.5) is 0 Å². The highest BCUT2D eigenvalue weighted by Crippen LogP contribution is 2.31. The number of aliphatic hydroxyl groups is 3. The van der Waals surface area contributed by atoms with E-state index in [4.69, 9.17) is 9.47 Å². The van der Waals surface area contributed by atoms with Crippen LogP contribution in [0.1, 0.15) is 0 Å². The lowest BCUT2D eigenvalue weighted by molar-refractivity contribution is -0.116. The number of nitrogens with one attached hydrogen (secondary N) is 1. The number of aromatic amines is 1. The lowest BCUT2D eigenvalue weighted by atomic mass is 10.1. The first-order valence-corrected chi connectivity index (χ1v) is 10.1. The van der Waals surface area contributed by atoms with Crippen LogP contribution in [0.2, 0.25) is 0 Å². The molecule has 4 aromatic rings. The number of nitrogens with zero attached hydrogens (tertiary/aromatic N) is 2. The molecule has 0 aliphatic carbocycles. The summed E-state index contributed by atoms with van der Waals surface area (Å²) in [5.41, 5.74) is 2.66. The highest BCUT2D eigenvalue weighted by Gasteiger charge is 2.43. The van der Waals surface area contributed by atoms with E-state index in [9.17, 15) is 20.1 Å². The average Bonchev–Trinajstić information content (AvgIpc) is 3.34. The molecule has 1 saturated heterocycles. The summed E-state index contributed by atoms with van der Waals surface area (Å²) in [6, 6.07) is 16.5. The first-order chi connectivity index (χ1) is 15.6. The van der Waals surface area contributed by atoms with Gasteiger partial charge in [-0.2, -0.15) is 0 Å². The van der Waals surface area contributed by atoms with Crippen LogP contribution >= 0.6 is 0 Å². The van der Waals surface area contributed by atoms with Crippen LogP contribution in [0.3, 0.4) is 0 Å². The van der Waals surface area contributed by atoms with Gasteiger partial charge in [-0.25, -0.2) is 4.98 Å². The van der Waals surface area contributed by atoms with Crippen molar-refractivity contribution in [2.24, 2.45) is 0 Å². The summed E-state index contributed by atoms with van der Waals surface area (Å²) in [5.74, 6) is 0.405. The summed E-state index contributed by atoms with van der Waals surface area (Å²) in [6.45, 7) is -0.426. The molecule has 4 atom stereocenters. The third-order valence-electron chi connectivity index (χ3n) is 5.54. The Morgan fingerprint density at radius 1 is 1.06 bits per heavy atom. The number of para-hydroxylation sites is 1. The Morgan fingerprint density at radius 2 is 1.81 bits per heavy atom. The molecule has 164 valence electrons. The molecule has 9 nitrogen and oxygen atoms in total. The first kappa shape index (κ1) is 20.4. The highest BCUT2D eigenvalue weighted by molar-refractivity contribution is 5.94. The second-order valence-electron chi connectivity index (χ2n) is 7.53. The molecule has 2 aromatic carbocycles. The van der Waals surface area contributed by atoms with Crippen LogP contribution in [0.15, 0.2) is 71.9 Å². The summed E-state index contributed by atoms with van der Waals surface area (Å²) < 4.78 is 12.9. The molecule has 0 saturated carbocycles. The van der Waals surface area contributed by atoms with Crippen LogP contribution in [0.5, 0.6) is 5.75 Å². The van der Waals surface area contributed by atoms with Crippen molar-refractivity contribution in [3.8, 4) is 22.6 Å². The SMILES string of the molecule is O=c1[nH]cnc2c1c(-c1ccc(OC3OC(CO)C(O)C3O)cc1)cn2-c1ccccc1. The third-order valence-corrected chi connectivity index (χ3v) is 5.54. The van der Waals surface area contributed by atoms with Gasteiger partial charge in [-0.3, -0.25) is 4.79 Å². The number of benzene rings is 2. The number of hydrogen-bond donors (Lipinski definition) is 4. The number of fused-ring (bicyclic) bond motifs is 1. The van der Waals surface area contributed by atoms with Gasteiger partial charge in [0.2, 0.25) is 6.29 Å². The van der Waals surface area contributed by atoms with E-state index in [2.05, 4.69) is 9.97 Å². The van der Waals surface area contributed by atoms with Gasteiger partial charge in [0.15, 0.2) is 5.65 Å². The van der Waals surface area contributed by atoms with Gasteiger partial charge in [-0.15, -0.1) is 0 Å². The Kier molecular flexibility index (Phi) is 5.24. The van der Waals surface area contributed by atoms with E-state index in [-0.39, 0.29) is 5.56 Å². The van der Waals surface area contributed by atoms with Crippen molar-refractivity contribution in [3.05, 3.63) is 77.5 Å². The fraction of sp³-hybridized carbons (Fsp3) is 0.217. The molecular weight excluding hydrogens is 414 g/mol. The van der Waals surface area contributed by atoms with Crippen LogP contribution in [0, 0.1) is 0 Å². The van der Waals surface area contributed by atoms with Gasteiger partial charge < -0.3 is 34.3 Å². The minimum Gasteiger partial charge on any atom is -0.462 e. The fourth-order valence-corrected chi connectivity index (χ4v) is 3.88. The predicted molar refractivity (Wildman–Crippen MR) is 116 cm³/mol. The van der Waals surface area contributed by atoms with Crippen LogP contribution in [0.25, 0.3) is 27.8 Å². The second-order valence-corrected chi connectivity index (χ2v) is 7.53. The molecule has 1 aliphatic heterocycles. The smallest absolute Gasteiger partial charge is 0.260 e. The second kappa shape index (κ2) is 8.21. The summed E-state index contributed by atoms with van der Waals surface area (Å²) in [5, 5.41) is 29.6. The summed E-state index contributed by atoms with van der Waals surface area (Å²) in [6.07, 6.45) is -1.26. The zero-order valence-electron chi connectivity index (χ0n) is 16.8. The normalized spacial score (nSPS) is 23.0. The molecule has 4 unspecified atom stereocenters. The molecule has 1 aliphatic rings. The summed E-state index contributed by atoms with van der Waals surface area (Å²) in [4.78, 5) is 19.6. The average molecular weight is 435 g/mol. The fourth-order valence-electron chi connectivity index (χ4n) is 3.88. The zero-order chi connectivity index (χ0) is 22.2. The number of ether oxygens (including phenoxy) is 2. The maximum absolute atomic E-state index is 12.6. The number of rotatable bonds is 5.